The van der Waals surface area contributed by atoms with Crippen LogP contribution in [0, 0.1) is 0 Å². The van der Waals surface area contributed by atoms with Crippen molar-refractivity contribution >= 4 is 11.8 Å². The Labute approximate surface area is 147 Å². The zero-order valence-corrected chi connectivity index (χ0v) is 14.6. The summed E-state index contributed by atoms with van der Waals surface area (Å²) in [6.07, 6.45) is 3.84. The minimum absolute atomic E-state index is 0.745. The molecule has 9 nitrogen and oxygen atoms in total. The molecular formula is C16H24N8O. The third kappa shape index (κ3) is 3.88. The molecule has 0 aliphatic carbocycles. The molecule has 0 spiro atoms. The van der Waals surface area contributed by atoms with E-state index in [-0.39, 0.29) is 0 Å². The summed E-state index contributed by atoms with van der Waals surface area (Å²) in [5.41, 5.74) is 1.02. The number of nitrogens with zero attached hydrogens (tertiary/aromatic N) is 8. The summed E-state index contributed by atoms with van der Waals surface area (Å²) in [6.45, 7) is 7.96. The zero-order chi connectivity index (χ0) is 17.1. The van der Waals surface area contributed by atoms with Crippen LogP contribution in [0.2, 0.25) is 0 Å². The summed E-state index contributed by atoms with van der Waals surface area (Å²) in [4.78, 5) is 16.1. The van der Waals surface area contributed by atoms with Crippen molar-refractivity contribution in [3.05, 3.63) is 24.2 Å². The van der Waals surface area contributed by atoms with Crippen molar-refractivity contribution in [2.45, 2.75) is 6.54 Å². The maximum atomic E-state index is 5.41. The first-order valence-corrected chi connectivity index (χ1v) is 8.76. The minimum Gasteiger partial charge on any atom is -0.378 e. The molecule has 2 aliphatic heterocycles. The standard InChI is InChI=1S/C16H24N8O/c1-21-12-14(19-20-21)13-22-4-6-23(7-5-22)15-2-3-17-16(18-15)24-8-10-25-11-9-24/h2-3,12H,4-11,13H2,1H3. The van der Waals surface area contributed by atoms with E-state index in [2.05, 4.69) is 30.0 Å². The molecule has 2 aromatic heterocycles. The maximum absolute atomic E-state index is 5.41. The Bertz CT molecular complexity index is 691. The van der Waals surface area contributed by atoms with Gasteiger partial charge in [-0.3, -0.25) is 9.58 Å². The Morgan fingerprint density at radius 3 is 2.56 bits per heavy atom. The zero-order valence-electron chi connectivity index (χ0n) is 14.6. The lowest BCUT2D eigenvalue weighted by Crippen LogP contribution is -2.46. The summed E-state index contributed by atoms with van der Waals surface area (Å²) >= 11 is 0. The number of aromatic nitrogens is 5. The van der Waals surface area contributed by atoms with E-state index in [1.54, 1.807) is 4.68 Å². The van der Waals surface area contributed by atoms with Gasteiger partial charge in [-0.05, 0) is 6.07 Å². The van der Waals surface area contributed by atoms with E-state index < -0.39 is 0 Å². The second kappa shape index (κ2) is 7.32. The number of ether oxygens (including phenoxy) is 1. The van der Waals surface area contributed by atoms with Gasteiger partial charge in [0, 0.05) is 65.3 Å². The first kappa shape index (κ1) is 16.2. The topological polar surface area (TPSA) is 75.4 Å². The molecule has 4 rings (SSSR count). The molecule has 0 amide bonds. The van der Waals surface area contributed by atoms with E-state index in [0.29, 0.717) is 0 Å². The third-order valence-corrected chi connectivity index (χ3v) is 4.65. The number of hydrogen-bond donors (Lipinski definition) is 0. The normalized spacial score (nSPS) is 19.4. The number of anilines is 2. The fourth-order valence-electron chi connectivity index (χ4n) is 3.26. The quantitative estimate of drug-likeness (QED) is 0.753. The predicted molar refractivity (Wildman–Crippen MR) is 93.6 cm³/mol. The highest BCUT2D eigenvalue weighted by molar-refractivity contribution is 5.44. The van der Waals surface area contributed by atoms with E-state index in [4.69, 9.17) is 9.72 Å². The molecule has 2 aromatic rings. The summed E-state index contributed by atoms with van der Waals surface area (Å²) in [5.74, 6) is 1.82. The molecule has 0 saturated carbocycles. The van der Waals surface area contributed by atoms with E-state index in [1.807, 2.05) is 25.5 Å². The van der Waals surface area contributed by atoms with Crippen LogP contribution < -0.4 is 9.80 Å². The van der Waals surface area contributed by atoms with Gasteiger partial charge in [-0.15, -0.1) is 5.10 Å². The number of rotatable bonds is 4. The minimum atomic E-state index is 0.745. The molecule has 4 heterocycles. The number of piperazine rings is 1. The van der Waals surface area contributed by atoms with E-state index >= 15 is 0 Å². The van der Waals surface area contributed by atoms with Gasteiger partial charge in [0.05, 0.1) is 18.9 Å². The van der Waals surface area contributed by atoms with Crippen molar-refractivity contribution in [1.29, 1.82) is 0 Å². The Kier molecular flexibility index (Phi) is 4.75. The highest BCUT2D eigenvalue weighted by atomic mass is 16.5. The van der Waals surface area contributed by atoms with E-state index in [0.717, 1.165) is 76.5 Å². The average molecular weight is 344 g/mol. The Hall–Kier alpha value is -2.26. The third-order valence-electron chi connectivity index (χ3n) is 4.65. The van der Waals surface area contributed by atoms with Gasteiger partial charge in [0.15, 0.2) is 0 Å². The van der Waals surface area contributed by atoms with Gasteiger partial charge in [-0.25, -0.2) is 4.98 Å². The average Bonchev–Trinajstić information content (AvgIpc) is 3.08. The predicted octanol–water partition coefficient (Wildman–Crippen LogP) is -0.236. The molecule has 2 fully saturated rings. The molecule has 0 atom stereocenters. The van der Waals surface area contributed by atoms with Gasteiger partial charge in [-0.2, -0.15) is 4.98 Å². The second-order valence-electron chi connectivity index (χ2n) is 6.46. The van der Waals surface area contributed by atoms with Gasteiger partial charge >= 0.3 is 0 Å². The molecule has 0 unspecified atom stereocenters. The monoisotopic (exact) mass is 344 g/mol. The lowest BCUT2D eigenvalue weighted by molar-refractivity contribution is 0.122. The van der Waals surface area contributed by atoms with Crippen molar-refractivity contribution in [3.63, 3.8) is 0 Å². The van der Waals surface area contributed by atoms with Crippen molar-refractivity contribution in [1.82, 2.24) is 29.9 Å². The first-order valence-electron chi connectivity index (χ1n) is 8.76. The van der Waals surface area contributed by atoms with Crippen LogP contribution in [0.4, 0.5) is 11.8 Å². The van der Waals surface area contributed by atoms with Gasteiger partial charge < -0.3 is 14.5 Å². The van der Waals surface area contributed by atoms with Gasteiger partial charge in [-0.1, -0.05) is 5.21 Å². The van der Waals surface area contributed by atoms with Crippen LogP contribution in [0.1, 0.15) is 5.69 Å². The number of aryl methyl sites for hydroxylation is 1. The lowest BCUT2D eigenvalue weighted by Gasteiger charge is -2.35. The van der Waals surface area contributed by atoms with Gasteiger partial charge in [0.25, 0.3) is 0 Å². The van der Waals surface area contributed by atoms with Crippen LogP contribution in [0.3, 0.4) is 0 Å². The van der Waals surface area contributed by atoms with Crippen LogP contribution in [-0.4, -0.2) is 82.3 Å². The number of hydrogen-bond acceptors (Lipinski definition) is 8. The first-order chi connectivity index (χ1) is 12.3. The summed E-state index contributed by atoms with van der Waals surface area (Å²) in [7, 11) is 1.90. The van der Waals surface area contributed by atoms with Crippen LogP contribution in [0.15, 0.2) is 18.5 Å². The molecular weight excluding hydrogens is 320 g/mol. The molecule has 2 aliphatic rings. The Morgan fingerprint density at radius 2 is 1.84 bits per heavy atom. The van der Waals surface area contributed by atoms with Crippen molar-refractivity contribution in [3.8, 4) is 0 Å². The summed E-state index contributed by atoms with van der Waals surface area (Å²) in [6, 6.07) is 2.00. The molecule has 0 radical (unpaired) electrons. The van der Waals surface area contributed by atoms with Crippen molar-refractivity contribution < 1.29 is 4.74 Å². The van der Waals surface area contributed by atoms with Crippen LogP contribution in [0.25, 0.3) is 0 Å². The van der Waals surface area contributed by atoms with Crippen LogP contribution >= 0.6 is 0 Å². The number of morpholine rings is 1. The van der Waals surface area contributed by atoms with E-state index in [9.17, 15) is 0 Å². The summed E-state index contributed by atoms with van der Waals surface area (Å²) in [5, 5.41) is 8.17. The lowest BCUT2D eigenvalue weighted by atomic mass is 10.3. The Morgan fingerprint density at radius 1 is 1.04 bits per heavy atom. The smallest absolute Gasteiger partial charge is 0.227 e. The van der Waals surface area contributed by atoms with Crippen LogP contribution in [-0.2, 0) is 18.3 Å². The molecule has 134 valence electrons. The fraction of sp³-hybridized carbons (Fsp3) is 0.625. The SMILES string of the molecule is Cn1cc(CN2CCN(c3ccnc(N4CCOCC4)n3)CC2)nn1. The molecule has 0 bridgehead atoms. The molecule has 9 heteroatoms. The van der Waals surface area contributed by atoms with Crippen molar-refractivity contribution in [2.75, 3.05) is 62.3 Å². The van der Waals surface area contributed by atoms with E-state index in [1.165, 1.54) is 0 Å². The maximum Gasteiger partial charge on any atom is 0.227 e. The highest BCUT2D eigenvalue weighted by Gasteiger charge is 2.20. The molecule has 25 heavy (non-hydrogen) atoms. The summed E-state index contributed by atoms with van der Waals surface area (Å²) < 4.78 is 7.16. The molecule has 0 N–H and O–H groups in total. The molecule has 0 aromatic carbocycles. The highest BCUT2D eigenvalue weighted by Crippen LogP contribution is 2.18. The van der Waals surface area contributed by atoms with Gasteiger partial charge in [0.2, 0.25) is 5.95 Å². The van der Waals surface area contributed by atoms with Gasteiger partial charge in [0.1, 0.15) is 5.82 Å². The van der Waals surface area contributed by atoms with Crippen LogP contribution in [0.5, 0.6) is 0 Å². The van der Waals surface area contributed by atoms with Crippen molar-refractivity contribution in [2.24, 2.45) is 7.05 Å². The molecule has 2 saturated heterocycles. The largest absolute Gasteiger partial charge is 0.378 e. The fourth-order valence-corrected chi connectivity index (χ4v) is 3.26. The second-order valence-corrected chi connectivity index (χ2v) is 6.46. The Balaban J connectivity index is 1.35.